The van der Waals surface area contributed by atoms with Crippen LogP contribution in [0.15, 0.2) is 54.6 Å². The highest BCUT2D eigenvalue weighted by atomic mass is 32.2. The summed E-state index contributed by atoms with van der Waals surface area (Å²) in [6.07, 6.45) is 0.394. The molecule has 5 nitrogen and oxygen atoms in total. The summed E-state index contributed by atoms with van der Waals surface area (Å²) in [4.78, 5) is 14.6. The molecule has 2 aromatic rings. The molecule has 0 bridgehead atoms. The summed E-state index contributed by atoms with van der Waals surface area (Å²) in [5.74, 6) is -0.230. The summed E-state index contributed by atoms with van der Waals surface area (Å²) in [5.41, 5.74) is 2.75. The lowest BCUT2D eigenvalue weighted by Gasteiger charge is -2.36. The van der Waals surface area contributed by atoms with E-state index >= 15 is 0 Å². The molecule has 0 aliphatic carbocycles. The smallest absolute Gasteiger partial charge is 0.245 e. The minimum Gasteiger partial charge on any atom is -0.314 e. The normalized spacial score (nSPS) is 17.8. The number of hydrogen-bond acceptors (Lipinski definition) is 3. The van der Waals surface area contributed by atoms with Gasteiger partial charge < -0.3 is 4.90 Å². The van der Waals surface area contributed by atoms with Crippen molar-refractivity contribution >= 4 is 21.6 Å². The molecule has 1 amide bonds. The number of nitrogens with zero attached hydrogens (tertiary/aromatic N) is 2. The molecule has 3 rings (SSSR count). The van der Waals surface area contributed by atoms with Gasteiger partial charge in [0.05, 0.1) is 5.75 Å². The number of rotatable bonds is 4. The largest absolute Gasteiger partial charge is 0.314 e. The first kappa shape index (κ1) is 17.6. The third-order valence-electron chi connectivity index (χ3n) is 4.69. The number of amides is 1. The van der Waals surface area contributed by atoms with Crippen molar-refractivity contribution in [2.75, 3.05) is 17.7 Å². The number of carbonyl (C=O) groups excluding carboxylic acids is 1. The Morgan fingerprint density at radius 1 is 1.08 bits per heavy atom. The molecule has 0 saturated heterocycles. The molecule has 0 aromatic heterocycles. The molecule has 0 spiro atoms. The van der Waals surface area contributed by atoms with Gasteiger partial charge in [-0.2, -0.15) is 4.31 Å². The summed E-state index contributed by atoms with van der Waals surface area (Å²) in [5, 5.41) is 0. The van der Waals surface area contributed by atoms with Crippen molar-refractivity contribution in [3.05, 3.63) is 65.7 Å². The van der Waals surface area contributed by atoms with Crippen molar-refractivity contribution in [2.24, 2.45) is 0 Å². The van der Waals surface area contributed by atoms with Gasteiger partial charge in [-0.1, -0.05) is 42.5 Å². The van der Waals surface area contributed by atoms with Crippen molar-refractivity contribution in [1.29, 1.82) is 0 Å². The molecular weight excluding hydrogens is 336 g/mol. The van der Waals surface area contributed by atoms with Crippen molar-refractivity contribution in [1.82, 2.24) is 4.31 Å². The Bertz CT molecular complexity index is 865. The molecule has 25 heavy (non-hydrogen) atoms. The average molecular weight is 358 g/mol. The van der Waals surface area contributed by atoms with E-state index in [-0.39, 0.29) is 18.2 Å². The predicted molar refractivity (Wildman–Crippen MR) is 98.8 cm³/mol. The third kappa shape index (κ3) is 3.45. The SMILES string of the molecule is CCS(=O)(=O)N1Cc2ccccc2C[C@@H]1C(=O)N(C)c1ccccc1. The Morgan fingerprint density at radius 3 is 2.32 bits per heavy atom. The van der Waals surface area contributed by atoms with E-state index in [1.165, 1.54) is 9.21 Å². The van der Waals surface area contributed by atoms with E-state index in [0.717, 1.165) is 16.8 Å². The van der Waals surface area contributed by atoms with Crippen LogP contribution in [0.3, 0.4) is 0 Å². The van der Waals surface area contributed by atoms with Gasteiger partial charge in [0.25, 0.3) is 0 Å². The lowest BCUT2D eigenvalue weighted by molar-refractivity contribution is -0.122. The number of fused-ring (bicyclic) bond motifs is 1. The lowest BCUT2D eigenvalue weighted by Crippen LogP contribution is -2.53. The van der Waals surface area contributed by atoms with E-state index in [1.54, 1.807) is 14.0 Å². The van der Waals surface area contributed by atoms with Crippen LogP contribution in [0.5, 0.6) is 0 Å². The van der Waals surface area contributed by atoms with Gasteiger partial charge in [-0.15, -0.1) is 0 Å². The molecular formula is C19H22N2O3S. The molecule has 6 heteroatoms. The van der Waals surface area contributed by atoms with Crippen LogP contribution in [0.2, 0.25) is 0 Å². The van der Waals surface area contributed by atoms with E-state index < -0.39 is 16.1 Å². The summed E-state index contributed by atoms with van der Waals surface area (Å²) < 4.78 is 26.5. The zero-order chi connectivity index (χ0) is 18.0. The van der Waals surface area contributed by atoms with E-state index in [4.69, 9.17) is 0 Å². The van der Waals surface area contributed by atoms with Crippen LogP contribution in [-0.2, 0) is 27.8 Å². The molecule has 1 aliphatic heterocycles. The summed E-state index contributed by atoms with van der Waals surface area (Å²) >= 11 is 0. The first-order chi connectivity index (χ1) is 11.9. The van der Waals surface area contributed by atoms with E-state index in [2.05, 4.69) is 0 Å². The fourth-order valence-electron chi connectivity index (χ4n) is 3.17. The molecule has 2 aromatic carbocycles. The summed E-state index contributed by atoms with van der Waals surface area (Å²) in [6.45, 7) is 1.85. The van der Waals surface area contributed by atoms with Crippen LogP contribution in [0.4, 0.5) is 5.69 Å². The van der Waals surface area contributed by atoms with Gasteiger partial charge in [-0.25, -0.2) is 8.42 Å². The Labute approximate surface area is 148 Å². The molecule has 0 radical (unpaired) electrons. The fourth-order valence-corrected chi connectivity index (χ4v) is 4.39. The van der Waals surface area contributed by atoms with Crippen LogP contribution in [0.1, 0.15) is 18.1 Å². The van der Waals surface area contributed by atoms with Gasteiger partial charge in [0.15, 0.2) is 0 Å². The minimum absolute atomic E-state index is 0.0198. The van der Waals surface area contributed by atoms with E-state index in [0.29, 0.717) is 6.42 Å². The van der Waals surface area contributed by atoms with Crippen molar-refractivity contribution < 1.29 is 13.2 Å². The first-order valence-corrected chi connectivity index (χ1v) is 9.94. The lowest BCUT2D eigenvalue weighted by atomic mass is 9.95. The zero-order valence-corrected chi connectivity index (χ0v) is 15.2. The van der Waals surface area contributed by atoms with Crippen LogP contribution in [-0.4, -0.2) is 37.5 Å². The third-order valence-corrected chi connectivity index (χ3v) is 6.51. The number of carbonyl (C=O) groups is 1. The molecule has 1 atom stereocenters. The number of likely N-dealkylation sites (N-methyl/N-ethyl adjacent to an activating group) is 1. The zero-order valence-electron chi connectivity index (χ0n) is 14.4. The second-order valence-electron chi connectivity index (χ2n) is 6.17. The number of anilines is 1. The molecule has 0 saturated carbocycles. The van der Waals surface area contributed by atoms with Crippen LogP contribution in [0.25, 0.3) is 0 Å². The van der Waals surface area contributed by atoms with E-state index in [1.807, 2.05) is 54.6 Å². The Morgan fingerprint density at radius 2 is 1.68 bits per heavy atom. The van der Waals surface area contributed by atoms with Crippen molar-refractivity contribution in [2.45, 2.75) is 25.9 Å². The van der Waals surface area contributed by atoms with Gasteiger partial charge in [-0.3, -0.25) is 4.79 Å². The second kappa shape index (κ2) is 6.98. The first-order valence-electron chi connectivity index (χ1n) is 8.33. The number of para-hydroxylation sites is 1. The maximum absolute atomic E-state index is 13.1. The molecule has 1 aliphatic rings. The van der Waals surface area contributed by atoms with Crippen LogP contribution in [0, 0.1) is 0 Å². The molecule has 1 heterocycles. The number of sulfonamides is 1. The van der Waals surface area contributed by atoms with Gasteiger partial charge in [-0.05, 0) is 36.6 Å². The van der Waals surface area contributed by atoms with Crippen molar-refractivity contribution in [3.63, 3.8) is 0 Å². The van der Waals surface area contributed by atoms with Gasteiger partial charge in [0, 0.05) is 19.3 Å². The molecule has 132 valence electrons. The quantitative estimate of drug-likeness (QED) is 0.843. The summed E-state index contributed by atoms with van der Waals surface area (Å²) in [6, 6.07) is 16.3. The monoisotopic (exact) mass is 358 g/mol. The van der Waals surface area contributed by atoms with Gasteiger partial charge in [0.1, 0.15) is 6.04 Å². The van der Waals surface area contributed by atoms with Gasteiger partial charge in [0.2, 0.25) is 15.9 Å². The molecule has 0 fully saturated rings. The highest BCUT2D eigenvalue weighted by molar-refractivity contribution is 7.89. The predicted octanol–water partition coefficient (Wildman–Crippen LogP) is 2.43. The topological polar surface area (TPSA) is 57.7 Å². The average Bonchev–Trinajstić information content (AvgIpc) is 2.66. The standard InChI is InChI=1S/C19H22N2O3S/c1-3-25(23,24)21-14-16-10-8-7-9-15(16)13-18(21)19(22)20(2)17-11-5-4-6-12-17/h4-12,18H,3,13-14H2,1-2H3/t18-/m1/s1. The maximum atomic E-state index is 13.1. The highest BCUT2D eigenvalue weighted by Crippen LogP contribution is 2.28. The highest BCUT2D eigenvalue weighted by Gasteiger charge is 2.39. The van der Waals surface area contributed by atoms with E-state index in [9.17, 15) is 13.2 Å². The Hall–Kier alpha value is -2.18. The Kier molecular flexibility index (Phi) is 4.92. The minimum atomic E-state index is -3.49. The molecule has 0 N–H and O–H groups in total. The number of benzene rings is 2. The van der Waals surface area contributed by atoms with Crippen molar-refractivity contribution in [3.8, 4) is 0 Å². The van der Waals surface area contributed by atoms with Gasteiger partial charge >= 0.3 is 0 Å². The summed E-state index contributed by atoms with van der Waals surface area (Å²) in [7, 11) is -1.80. The van der Waals surface area contributed by atoms with Crippen LogP contribution >= 0.6 is 0 Å². The fraction of sp³-hybridized carbons (Fsp3) is 0.316. The maximum Gasteiger partial charge on any atom is 0.245 e. The second-order valence-corrected chi connectivity index (χ2v) is 8.38. The Balaban J connectivity index is 1.98. The number of hydrogen-bond donors (Lipinski definition) is 0. The van der Waals surface area contributed by atoms with Crippen LogP contribution < -0.4 is 4.90 Å². The molecule has 0 unspecified atom stereocenters.